The molecule has 0 unspecified atom stereocenters. The minimum Gasteiger partial charge on any atom is -0.356 e. The average Bonchev–Trinajstić information content (AvgIpc) is 3.19. The fraction of sp³-hybridized carbons (Fsp3) is 0.762. The van der Waals surface area contributed by atoms with Gasteiger partial charge in [-0.2, -0.15) is 0 Å². The molecule has 26 heavy (non-hydrogen) atoms. The minimum absolute atomic E-state index is 0.249. The summed E-state index contributed by atoms with van der Waals surface area (Å²) in [4.78, 5) is 26.5. The highest BCUT2D eigenvalue weighted by molar-refractivity contribution is 5.77. The largest absolute Gasteiger partial charge is 0.356 e. The first kappa shape index (κ1) is 17.7. The van der Waals surface area contributed by atoms with Crippen LogP contribution in [0.1, 0.15) is 69.7 Å². The molecule has 1 atom stereocenters. The van der Waals surface area contributed by atoms with E-state index in [1.54, 1.807) is 0 Å². The van der Waals surface area contributed by atoms with Crippen molar-refractivity contribution in [3.05, 3.63) is 17.6 Å². The molecule has 0 bridgehead atoms. The van der Waals surface area contributed by atoms with Crippen molar-refractivity contribution in [3.63, 3.8) is 0 Å². The van der Waals surface area contributed by atoms with Crippen LogP contribution in [-0.2, 0) is 11.2 Å². The smallest absolute Gasteiger partial charge is 0.222 e. The van der Waals surface area contributed by atoms with Gasteiger partial charge in [0.05, 0.1) is 0 Å². The Morgan fingerprint density at radius 3 is 2.77 bits per heavy atom. The van der Waals surface area contributed by atoms with Crippen molar-refractivity contribution in [2.24, 2.45) is 5.41 Å². The third kappa shape index (κ3) is 3.33. The molecule has 0 N–H and O–H groups in total. The van der Waals surface area contributed by atoms with E-state index in [0.29, 0.717) is 11.9 Å². The van der Waals surface area contributed by atoms with Gasteiger partial charge in [0.25, 0.3) is 0 Å². The van der Waals surface area contributed by atoms with E-state index in [-0.39, 0.29) is 5.41 Å². The summed E-state index contributed by atoms with van der Waals surface area (Å²) in [5, 5.41) is 0. The number of hydrogen-bond acceptors (Lipinski definition) is 4. The number of likely N-dealkylation sites (tertiary alicyclic amines) is 1. The molecule has 5 nitrogen and oxygen atoms in total. The van der Waals surface area contributed by atoms with Gasteiger partial charge in [-0.1, -0.05) is 19.8 Å². The number of nitrogens with zero attached hydrogens (tertiary/aromatic N) is 4. The quantitative estimate of drug-likeness (QED) is 0.832. The molecule has 1 aromatic rings. The van der Waals surface area contributed by atoms with Crippen molar-refractivity contribution in [2.75, 3.05) is 24.5 Å². The van der Waals surface area contributed by atoms with Crippen molar-refractivity contribution < 1.29 is 4.79 Å². The second-order valence-corrected chi connectivity index (χ2v) is 8.60. The summed E-state index contributed by atoms with van der Waals surface area (Å²) in [5.41, 5.74) is 1.49. The fourth-order valence-electron chi connectivity index (χ4n) is 5.32. The second kappa shape index (κ2) is 7.16. The van der Waals surface area contributed by atoms with Crippen LogP contribution in [0.5, 0.6) is 0 Å². The van der Waals surface area contributed by atoms with E-state index < -0.39 is 0 Å². The number of aryl methyl sites for hydroxylation is 2. The van der Waals surface area contributed by atoms with Gasteiger partial charge in [-0.3, -0.25) is 4.79 Å². The van der Waals surface area contributed by atoms with Crippen molar-refractivity contribution in [1.29, 1.82) is 0 Å². The second-order valence-electron chi connectivity index (χ2n) is 8.60. The van der Waals surface area contributed by atoms with Crippen molar-refractivity contribution in [3.8, 4) is 0 Å². The van der Waals surface area contributed by atoms with E-state index >= 15 is 0 Å². The molecule has 1 aliphatic carbocycles. The topological polar surface area (TPSA) is 49.3 Å². The first-order valence-electron chi connectivity index (χ1n) is 10.5. The van der Waals surface area contributed by atoms with Crippen LogP contribution in [0.15, 0.2) is 6.20 Å². The van der Waals surface area contributed by atoms with Crippen LogP contribution in [-0.4, -0.2) is 46.5 Å². The summed E-state index contributed by atoms with van der Waals surface area (Å²) < 4.78 is 0. The Bertz CT molecular complexity index is 670. The lowest BCUT2D eigenvalue weighted by molar-refractivity contribution is -0.140. The number of carbonyl (C=O) groups excluding carboxylic acids is 1. The number of hydrogen-bond donors (Lipinski definition) is 0. The number of anilines is 1. The molecular formula is C21H32N4O. The molecule has 3 fully saturated rings. The number of piperidine rings is 2. The Balaban J connectivity index is 1.56. The molecule has 1 saturated carbocycles. The van der Waals surface area contributed by atoms with Gasteiger partial charge in [0.2, 0.25) is 5.91 Å². The molecule has 1 amide bonds. The van der Waals surface area contributed by atoms with E-state index in [9.17, 15) is 4.79 Å². The Hall–Kier alpha value is -1.65. The van der Waals surface area contributed by atoms with Crippen LogP contribution in [0.25, 0.3) is 0 Å². The van der Waals surface area contributed by atoms with E-state index in [4.69, 9.17) is 4.98 Å². The highest BCUT2D eigenvalue weighted by Gasteiger charge is 2.44. The normalized spacial score (nSPS) is 27.5. The Morgan fingerprint density at radius 2 is 2.00 bits per heavy atom. The number of amides is 1. The maximum atomic E-state index is 12.6. The Kier molecular flexibility index (Phi) is 4.89. The zero-order chi connectivity index (χ0) is 18.1. The Morgan fingerprint density at radius 1 is 1.19 bits per heavy atom. The summed E-state index contributed by atoms with van der Waals surface area (Å²) in [6.07, 6.45) is 12.1. The van der Waals surface area contributed by atoms with Gasteiger partial charge in [0.15, 0.2) is 0 Å². The van der Waals surface area contributed by atoms with Crippen molar-refractivity contribution in [2.45, 2.75) is 77.7 Å². The summed E-state index contributed by atoms with van der Waals surface area (Å²) in [6, 6.07) is 0.502. The zero-order valence-corrected chi connectivity index (χ0v) is 16.3. The molecule has 1 aromatic heterocycles. The molecule has 5 heteroatoms. The summed E-state index contributed by atoms with van der Waals surface area (Å²) >= 11 is 0. The Labute approximate surface area is 157 Å². The van der Waals surface area contributed by atoms with Crippen LogP contribution >= 0.6 is 0 Å². The summed E-state index contributed by atoms with van der Waals surface area (Å²) in [7, 11) is 0. The third-order valence-electron chi connectivity index (χ3n) is 6.76. The number of rotatable bonds is 3. The lowest BCUT2D eigenvalue weighted by Gasteiger charge is -2.50. The first-order valence-corrected chi connectivity index (χ1v) is 10.5. The van der Waals surface area contributed by atoms with Gasteiger partial charge in [0.1, 0.15) is 11.6 Å². The standard InChI is InChI=1S/C21H32N4O/c1-3-17-13-22-16(2)23-20(17)24-12-6-10-21(14-24)11-9-19(26)25(15-21)18-7-4-5-8-18/h13,18H,3-12,14-15H2,1-2H3/t21-/m1/s1. The van der Waals surface area contributed by atoms with E-state index in [1.807, 2.05) is 13.1 Å². The number of aromatic nitrogens is 2. The van der Waals surface area contributed by atoms with Gasteiger partial charge >= 0.3 is 0 Å². The molecule has 0 aromatic carbocycles. The van der Waals surface area contributed by atoms with E-state index in [2.05, 4.69) is 21.7 Å². The molecule has 2 aliphatic heterocycles. The molecule has 3 heterocycles. The lowest BCUT2D eigenvalue weighted by Crippen LogP contribution is -2.56. The van der Waals surface area contributed by atoms with Gasteiger partial charge in [-0.05, 0) is 45.4 Å². The molecule has 2 saturated heterocycles. The molecular weight excluding hydrogens is 324 g/mol. The molecule has 0 radical (unpaired) electrons. The van der Waals surface area contributed by atoms with Gasteiger partial charge in [-0.15, -0.1) is 0 Å². The predicted octanol–water partition coefficient (Wildman–Crippen LogP) is 3.50. The molecule has 4 rings (SSSR count). The lowest BCUT2D eigenvalue weighted by atomic mass is 9.73. The first-order chi connectivity index (χ1) is 12.6. The van der Waals surface area contributed by atoms with E-state index in [1.165, 1.54) is 44.1 Å². The maximum Gasteiger partial charge on any atom is 0.222 e. The zero-order valence-electron chi connectivity index (χ0n) is 16.3. The SMILES string of the molecule is CCc1cnc(C)nc1N1CCC[C@@]2(CCC(=O)N(C3CCCC3)C2)C1. The fourth-order valence-corrected chi connectivity index (χ4v) is 5.32. The van der Waals surface area contributed by atoms with E-state index in [0.717, 1.165) is 50.5 Å². The predicted molar refractivity (Wildman–Crippen MR) is 103 cm³/mol. The summed E-state index contributed by atoms with van der Waals surface area (Å²) in [5.74, 6) is 2.37. The van der Waals surface area contributed by atoms with Crippen LogP contribution < -0.4 is 4.90 Å². The average molecular weight is 357 g/mol. The molecule has 142 valence electrons. The monoisotopic (exact) mass is 356 g/mol. The molecule has 1 spiro atoms. The maximum absolute atomic E-state index is 12.6. The highest BCUT2D eigenvalue weighted by atomic mass is 16.2. The van der Waals surface area contributed by atoms with Gasteiger partial charge < -0.3 is 9.80 Å². The van der Waals surface area contributed by atoms with Gasteiger partial charge in [-0.25, -0.2) is 9.97 Å². The van der Waals surface area contributed by atoms with Crippen molar-refractivity contribution in [1.82, 2.24) is 14.9 Å². The van der Waals surface area contributed by atoms with Crippen LogP contribution in [0, 0.1) is 12.3 Å². The third-order valence-corrected chi connectivity index (χ3v) is 6.76. The van der Waals surface area contributed by atoms with Gasteiger partial charge in [0, 0.05) is 49.3 Å². The highest BCUT2D eigenvalue weighted by Crippen LogP contribution is 2.42. The van der Waals surface area contributed by atoms with Crippen LogP contribution in [0.4, 0.5) is 5.82 Å². The van der Waals surface area contributed by atoms with Crippen LogP contribution in [0.3, 0.4) is 0 Å². The number of carbonyl (C=O) groups is 1. The van der Waals surface area contributed by atoms with Crippen molar-refractivity contribution >= 4 is 11.7 Å². The molecule has 3 aliphatic rings. The van der Waals surface area contributed by atoms with Crippen LogP contribution in [0.2, 0.25) is 0 Å². The minimum atomic E-state index is 0.249. The summed E-state index contributed by atoms with van der Waals surface area (Å²) in [6.45, 7) is 7.22.